The third-order valence-corrected chi connectivity index (χ3v) is 3.78. The number of nitrogens with one attached hydrogen (secondary N) is 2. The number of ether oxygens (including phenoxy) is 2. The van der Waals surface area contributed by atoms with Gasteiger partial charge in [0.15, 0.2) is 0 Å². The summed E-state index contributed by atoms with van der Waals surface area (Å²) in [6.45, 7) is 1.88. The Bertz CT molecular complexity index is 868. The summed E-state index contributed by atoms with van der Waals surface area (Å²) in [5.74, 6) is 1.19. The van der Waals surface area contributed by atoms with Gasteiger partial charge in [-0.25, -0.2) is 0 Å². The molecule has 3 rings (SSSR count). The molecule has 1 heterocycles. The number of H-pyrrole nitrogens is 1. The van der Waals surface area contributed by atoms with Crippen LogP contribution in [0.2, 0.25) is 0 Å². The standard InChI is InChI=1S/C18H18N2O3/c1-11-17(13-9-8-12(22-2)10-15(13)19-11)18(21)20-14-6-4-5-7-16(14)23-3/h4-10,19H,1-3H3,(H,20,21). The van der Waals surface area contributed by atoms with Gasteiger partial charge in [0.05, 0.1) is 31.0 Å². The largest absolute Gasteiger partial charge is 0.497 e. The minimum atomic E-state index is -0.177. The Balaban J connectivity index is 1.99. The number of carbonyl (C=O) groups is 1. The summed E-state index contributed by atoms with van der Waals surface area (Å²) >= 11 is 0. The van der Waals surface area contributed by atoms with Gasteiger partial charge in [0.2, 0.25) is 0 Å². The minimum Gasteiger partial charge on any atom is -0.497 e. The number of rotatable bonds is 4. The number of amides is 1. The van der Waals surface area contributed by atoms with Crippen molar-refractivity contribution in [3.8, 4) is 11.5 Å². The lowest BCUT2D eigenvalue weighted by molar-refractivity contribution is 0.102. The predicted octanol–water partition coefficient (Wildman–Crippen LogP) is 3.75. The van der Waals surface area contributed by atoms with Gasteiger partial charge in [-0.05, 0) is 31.2 Å². The Labute approximate surface area is 134 Å². The zero-order valence-electron chi connectivity index (χ0n) is 13.3. The van der Waals surface area contributed by atoms with Crippen molar-refractivity contribution in [3.05, 3.63) is 53.7 Å². The molecular weight excluding hydrogens is 292 g/mol. The van der Waals surface area contributed by atoms with E-state index in [0.717, 1.165) is 22.3 Å². The van der Waals surface area contributed by atoms with Crippen molar-refractivity contribution in [3.63, 3.8) is 0 Å². The highest BCUT2D eigenvalue weighted by atomic mass is 16.5. The highest BCUT2D eigenvalue weighted by Crippen LogP contribution is 2.28. The first kappa shape index (κ1) is 15.0. The van der Waals surface area contributed by atoms with E-state index in [4.69, 9.17) is 9.47 Å². The lowest BCUT2D eigenvalue weighted by Gasteiger charge is -2.10. The van der Waals surface area contributed by atoms with E-state index in [1.807, 2.05) is 49.4 Å². The summed E-state index contributed by atoms with van der Waals surface area (Å²) in [6.07, 6.45) is 0. The SMILES string of the molecule is COc1ccc2c(C(=O)Nc3ccccc3OC)c(C)[nH]c2c1. The van der Waals surface area contributed by atoms with E-state index in [2.05, 4.69) is 10.3 Å². The van der Waals surface area contributed by atoms with E-state index in [1.54, 1.807) is 14.2 Å². The number of fused-ring (bicyclic) bond motifs is 1. The third kappa shape index (κ3) is 2.73. The molecule has 2 N–H and O–H groups in total. The van der Waals surface area contributed by atoms with Gasteiger partial charge in [-0.15, -0.1) is 0 Å². The number of methoxy groups -OCH3 is 2. The topological polar surface area (TPSA) is 63.4 Å². The number of aromatic nitrogens is 1. The summed E-state index contributed by atoms with van der Waals surface area (Å²) in [7, 11) is 3.19. The molecule has 0 aliphatic carbocycles. The van der Waals surface area contributed by atoms with E-state index in [1.165, 1.54) is 0 Å². The molecule has 23 heavy (non-hydrogen) atoms. The van der Waals surface area contributed by atoms with Crippen LogP contribution in [-0.4, -0.2) is 25.1 Å². The first-order valence-electron chi connectivity index (χ1n) is 7.24. The molecule has 118 valence electrons. The summed E-state index contributed by atoms with van der Waals surface area (Å²) < 4.78 is 10.5. The number of para-hydroxylation sites is 2. The normalized spacial score (nSPS) is 10.6. The van der Waals surface area contributed by atoms with Crippen molar-refractivity contribution in [2.24, 2.45) is 0 Å². The van der Waals surface area contributed by atoms with Gasteiger partial charge >= 0.3 is 0 Å². The van der Waals surface area contributed by atoms with Gasteiger partial charge in [0.1, 0.15) is 11.5 Å². The van der Waals surface area contributed by atoms with Crippen LogP contribution in [0, 0.1) is 6.92 Å². The number of hydrogen-bond donors (Lipinski definition) is 2. The van der Waals surface area contributed by atoms with E-state index in [0.29, 0.717) is 17.0 Å². The van der Waals surface area contributed by atoms with Gasteiger partial charge in [-0.1, -0.05) is 12.1 Å². The molecule has 0 fully saturated rings. The predicted molar refractivity (Wildman–Crippen MR) is 90.5 cm³/mol. The fourth-order valence-corrected chi connectivity index (χ4v) is 2.66. The van der Waals surface area contributed by atoms with Crippen LogP contribution in [0.1, 0.15) is 16.1 Å². The summed E-state index contributed by atoms with van der Waals surface area (Å²) in [5.41, 5.74) is 2.93. The molecule has 3 aromatic rings. The Morgan fingerprint density at radius 2 is 1.87 bits per heavy atom. The van der Waals surface area contributed by atoms with Gasteiger partial charge in [-0.3, -0.25) is 4.79 Å². The number of carbonyl (C=O) groups excluding carboxylic acids is 1. The second-order valence-electron chi connectivity index (χ2n) is 5.19. The van der Waals surface area contributed by atoms with Gasteiger partial charge in [-0.2, -0.15) is 0 Å². The van der Waals surface area contributed by atoms with E-state index < -0.39 is 0 Å². The number of aryl methyl sites for hydroxylation is 1. The highest BCUT2D eigenvalue weighted by Gasteiger charge is 2.17. The zero-order valence-corrected chi connectivity index (χ0v) is 13.3. The Hall–Kier alpha value is -2.95. The number of hydrogen-bond acceptors (Lipinski definition) is 3. The van der Waals surface area contributed by atoms with E-state index in [-0.39, 0.29) is 5.91 Å². The maximum absolute atomic E-state index is 12.7. The molecule has 0 spiro atoms. The van der Waals surface area contributed by atoms with Crippen LogP contribution in [0.5, 0.6) is 11.5 Å². The number of benzene rings is 2. The van der Waals surface area contributed by atoms with Crippen molar-refractivity contribution >= 4 is 22.5 Å². The average Bonchev–Trinajstić information content (AvgIpc) is 2.90. The van der Waals surface area contributed by atoms with Crippen molar-refractivity contribution in [2.45, 2.75) is 6.92 Å². The van der Waals surface area contributed by atoms with Crippen molar-refractivity contribution in [2.75, 3.05) is 19.5 Å². The molecule has 0 bridgehead atoms. The molecule has 0 radical (unpaired) electrons. The molecule has 5 heteroatoms. The Morgan fingerprint density at radius 1 is 1.09 bits per heavy atom. The van der Waals surface area contributed by atoms with Crippen LogP contribution >= 0.6 is 0 Å². The lowest BCUT2D eigenvalue weighted by Crippen LogP contribution is -2.13. The monoisotopic (exact) mass is 310 g/mol. The quantitative estimate of drug-likeness (QED) is 0.771. The molecule has 0 aliphatic heterocycles. The van der Waals surface area contributed by atoms with Gasteiger partial charge in [0, 0.05) is 17.1 Å². The first-order valence-corrected chi connectivity index (χ1v) is 7.24. The van der Waals surface area contributed by atoms with Crippen LogP contribution in [0.3, 0.4) is 0 Å². The lowest BCUT2D eigenvalue weighted by atomic mass is 10.1. The second-order valence-corrected chi connectivity index (χ2v) is 5.19. The highest BCUT2D eigenvalue weighted by molar-refractivity contribution is 6.14. The molecule has 1 amide bonds. The molecule has 0 unspecified atom stereocenters. The van der Waals surface area contributed by atoms with E-state index >= 15 is 0 Å². The molecule has 2 aromatic carbocycles. The van der Waals surface area contributed by atoms with Crippen LogP contribution in [0.15, 0.2) is 42.5 Å². The van der Waals surface area contributed by atoms with Crippen LogP contribution < -0.4 is 14.8 Å². The molecule has 1 aromatic heterocycles. The molecule has 5 nitrogen and oxygen atoms in total. The molecular formula is C18H18N2O3. The van der Waals surface area contributed by atoms with Gasteiger partial charge < -0.3 is 19.8 Å². The average molecular weight is 310 g/mol. The number of aromatic amines is 1. The zero-order chi connectivity index (χ0) is 16.4. The minimum absolute atomic E-state index is 0.177. The van der Waals surface area contributed by atoms with Crippen molar-refractivity contribution in [1.82, 2.24) is 4.98 Å². The smallest absolute Gasteiger partial charge is 0.258 e. The first-order chi connectivity index (χ1) is 11.1. The van der Waals surface area contributed by atoms with Crippen LogP contribution in [0.25, 0.3) is 10.9 Å². The maximum atomic E-state index is 12.7. The van der Waals surface area contributed by atoms with Crippen LogP contribution in [0.4, 0.5) is 5.69 Å². The summed E-state index contributed by atoms with van der Waals surface area (Å²) in [6, 6.07) is 12.9. The molecule has 0 atom stereocenters. The maximum Gasteiger partial charge on any atom is 0.258 e. The molecule has 0 saturated carbocycles. The molecule has 0 saturated heterocycles. The van der Waals surface area contributed by atoms with E-state index in [9.17, 15) is 4.79 Å². The summed E-state index contributed by atoms with van der Waals surface area (Å²) in [4.78, 5) is 15.9. The molecule has 0 aliphatic rings. The second kappa shape index (κ2) is 6.04. The van der Waals surface area contributed by atoms with Crippen LogP contribution in [-0.2, 0) is 0 Å². The van der Waals surface area contributed by atoms with Crippen molar-refractivity contribution < 1.29 is 14.3 Å². The Kier molecular flexibility index (Phi) is 3.93. The number of anilines is 1. The fraction of sp³-hybridized carbons (Fsp3) is 0.167. The fourth-order valence-electron chi connectivity index (χ4n) is 2.66. The van der Waals surface area contributed by atoms with Crippen molar-refractivity contribution in [1.29, 1.82) is 0 Å². The third-order valence-electron chi connectivity index (χ3n) is 3.78. The Morgan fingerprint density at radius 3 is 2.61 bits per heavy atom. The van der Waals surface area contributed by atoms with Gasteiger partial charge in [0.25, 0.3) is 5.91 Å². The summed E-state index contributed by atoms with van der Waals surface area (Å²) in [5, 5.41) is 3.77.